The zero-order valence-corrected chi connectivity index (χ0v) is 15.8. The molecule has 2 amide bonds. The number of ether oxygens (including phenoxy) is 1. The lowest BCUT2D eigenvalue weighted by Gasteiger charge is -2.12. The molecule has 0 unspecified atom stereocenters. The third kappa shape index (κ3) is 3.94. The van der Waals surface area contributed by atoms with Crippen LogP contribution in [0.15, 0.2) is 47.3 Å². The number of fused-ring (bicyclic) bond motifs is 1. The Morgan fingerprint density at radius 1 is 1.25 bits per heavy atom. The van der Waals surface area contributed by atoms with E-state index in [1.165, 1.54) is 23.8 Å². The molecule has 0 fully saturated rings. The maximum atomic E-state index is 12.6. The summed E-state index contributed by atoms with van der Waals surface area (Å²) in [6.07, 6.45) is -0.000317. The maximum absolute atomic E-state index is 12.6. The van der Waals surface area contributed by atoms with Gasteiger partial charge in [-0.05, 0) is 42.5 Å². The van der Waals surface area contributed by atoms with Gasteiger partial charge in [-0.1, -0.05) is 12.1 Å². The van der Waals surface area contributed by atoms with E-state index in [1.807, 2.05) is 0 Å². The number of carbonyl (C=O) groups excluding carboxylic acids is 2. The number of aromatic amines is 1. The van der Waals surface area contributed by atoms with Crippen molar-refractivity contribution in [3.63, 3.8) is 0 Å². The van der Waals surface area contributed by atoms with Gasteiger partial charge in [0.25, 0.3) is 5.56 Å². The molecule has 8 nitrogen and oxygen atoms in total. The molecule has 28 heavy (non-hydrogen) atoms. The molecule has 2 aromatic carbocycles. The first-order valence-corrected chi connectivity index (χ1v) is 8.81. The molecule has 0 radical (unpaired) electrons. The molecule has 4 N–H and O–H groups in total. The second-order valence-electron chi connectivity index (χ2n) is 6.01. The van der Waals surface area contributed by atoms with Gasteiger partial charge in [0, 0.05) is 18.5 Å². The third-order valence-electron chi connectivity index (χ3n) is 4.21. The van der Waals surface area contributed by atoms with Crippen molar-refractivity contribution in [2.24, 2.45) is 5.73 Å². The molecule has 144 valence electrons. The van der Waals surface area contributed by atoms with Crippen LogP contribution in [0.1, 0.15) is 16.8 Å². The van der Waals surface area contributed by atoms with Crippen molar-refractivity contribution in [3.8, 4) is 5.75 Å². The lowest BCUT2D eigenvalue weighted by molar-refractivity contribution is -0.116. The summed E-state index contributed by atoms with van der Waals surface area (Å²) in [5.74, 6) is -0.597. The van der Waals surface area contributed by atoms with Gasteiger partial charge in [0.2, 0.25) is 11.8 Å². The monoisotopic (exact) mass is 398 g/mol. The van der Waals surface area contributed by atoms with Crippen molar-refractivity contribution in [2.45, 2.75) is 13.0 Å². The van der Waals surface area contributed by atoms with Crippen LogP contribution in [0.25, 0.3) is 10.9 Å². The number of aromatic nitrogens is 2. The number of H-pyrrole nitrogens is 1. The summed E-state index contributed by atoms with van der Waals surface area (Å²) in [6, 6.07) is 11.5. The van der Waals surface area contributed by atoms with Crippen LogP contribution in [0, 0.1) is 4.77 Å². The van der Waals surface area contributed by atoms with Crippen LogP contribution < -0.4 is 21.3 Å². The second-order valence-corrected chi connectivity index (χ2v) is 6.40. The fraction of sp³-hybridized carbons (Fsp3) is 0.158. The van der Waals surface area contributed by atoms with Crippen LogP contribution in [-0.4, -0.2) is 28.5 Å². The van der Waals surface area contributed by atoms with Crippen LogP contribution in [0.2, 0.25) is 0 Å². The van der Waals surface area contributed by atoms with E-state index < -0.39 is 5.91 Å². The highest BCUT2D eigenvalue weighted by Crippen LogP contribution is 2.25. The summed E-state index contributed by atoms with van der Waals surface area (Å²) in [4.78, 5) is 39.3. The topological polar surface area (TPSA) is 119 Å². The molecule has 3 rings (SSSR count). The Balaban J connectivity index is 1.79. The number of carbonyl (C=O) groups is 2. The molecule has 0 saturated carbocycles. The first-order chi connectivity index (χ1) is 13.4. The number of methoxy groups -OCH3 is 1. The van der Waals surface area contributed by atoms with E-state index in [9.17, 15) is 14.4 Å². The third-order valence-corrected chi connectivity index (χ3v) is 4.53. The van der Waals surface area contributed by atoms with E-state index in [4.69, 9.17) is 22.7 Å². The quantitative estimate of drug-likeness (QED) is 0.550. The van der Waals surface area contributed by atoms with E-state index in [0.717, 1.165) is 0 Å². The molecule has 0 saturated heterocycles. The fourth-order valence-electron chi connectivity index (χ4n) is 2.79. The van der Waals surface area contributed by atoms with Crippen molar-refractivity contribution in [3.05, 3.63) is 63.2 Å². The van der Waals surface area contributed by atoms with Gasteiger partial charge < -0.3 is 20.8 Å². The van der Waals surface area contributed by atoms with Crippen LogP contribution >= 0.6 is 12.2 Å². The number of hydrogen-bond acceptors (Lipinski definition) is 5. The average Bonchev–Trinajstić information content (AvgIpc) is 2.67. The van der Waals surface area contributed by atoms with Crippen molar-refractivity contribution in [1.29, 1.82) is 0 Å². The molecule has 3 aromatic rings. The van der Waals surface area contributed by atoms with Crippen LogP contribution in [-0.2, 0) is 11.3 Å². The highest BCUT2D eigenvalue weighted by molar-refractivity contribution is 7.71. The standard InChI is InChI=1S/C19H18N4O4S/c1-27-15-7-6-11(17(20)25)10-14(15)21-16(24)8-9-23-18(26)12-4-2-3-5-13(12)22-19(23)28/h2-7,10H,8-9H2,1H3,(H2,20,25)(H,21,24)(H,22,28). The zero-order valence-electron chi connectivity index (χ0n) is 15.0. The molecule has 9 heteroatoms. The van der Waals surface area contributed by atoms with Gasteiger partial charge >= 0.3 is 0 Å². The number of nitrogens with two attached hydrogens (primary N) is 1. The molecular weight excluding hydrogens is 380 g/mol. The lowest BCUT2D eigenvalue weighted by Crippen LogP contribution is -2.25. The molecule has 1 aromatic heterocycles. The van der Waals surface area contributed by atoms with Crippen LogP contribution in [0.3, 0.4) is 0 Å². The van der Waals surface area contributed by atoms with E-state index >= 15 is 0 Å². The molecular formula is C19H18N4O4S. The number of hydrogen-bond donors (Lipinski definition) is 3. The largest absolute Gasteiger partial charge is 0.495 e. The zero-order chi connectivity index (χ0) is 20.3. The Labute approximate surface area is 164 Å². The molecule has 0 aliphatic carbocycles. The van der Waals surface area contributed by atoms with Gasteiger partial charge in [0.1, 0.15) is 5.75 Å². The summed E-state index contributed by atoms with van der Waals surface area (Å²) in [6.45, 7) is 0.0999. The molecule has 0 aliphatic heterocycles. The summed E-state index contributed by atoms with van der Waals surface area (Å²) < 4.78 is 6.77. The fourth-order valence-corrected chi connectivity index (χ4v) is 3.07. The number of primary amides is 1. The number of nitrogens with zero attached hydrogens (tertiary/aromatic N) is 1. The van der Waals surface area contributed by atoms with Crippen molar-refractivity contribution in [2.75, 3.05) is 12.4 Å². The number of anilines is 1. The summed E-state index contributed by atoms with van der Waals surface area (Å²) in [5.41, 5.74) is 6.21. The van der Waals surface area contributed by atoms with E-state index in [2.05, 4.69) is 10.3 Å². The molecule has 1 heterocycles. The summed E-state index contributed by atoms with van der Waals surface area (Å²) >= 11 is 5.24. The minimum Gasteiger partial charge on any atom is -0.495 e. The Morgan fingerprint density at radius 2 is 2.00 bits per heavy atom. The van der Waals surface area contributed by atoms with Crippen molar-refractivity contribution in [1.82, 2.24) is 9.55 Å². The molecule has 0 spiro atoms. The second kappa shape index (κ2) is 8.05. The van der Waals surface area contributed by atoms with Crippen LogP contribution in [0.5, 0.6) is 5.75 Å². The maximum Gasteiger partial charge on any atom is 0.262 e. The van der Waals surface area contributed by atoms with Crippen molar-refractivity contribution < 1.29 is 14.3 Å². The number of amides is 2. The van der Waals surface area contributed by atoms with Gasteiger partial charge in [0.05, 0.1) is 23.7 Å². The minimum atomic E-state index is -0.618. The first-order valence-electron chi connectivity index (χ1n) is 8.40. The predicted molar refractivity (Wildman–Crippen MR) is 108 cm³/mol. The van der Waals surface area contributed by atoms with Gasteiger partial charge in [0.15, 0.2) is 4.77 Å². The first kappa shape index (κ1) is 19.3. The highest BCUT2D eigenvalue weighted by Gasteiger charge is 2.12. The van der Waals surface area contributed by atoms with Crippen LogP contribution in [0.4, 0.5) is 5.69 Å². The van der Waals surface area contributed by atoms with Gasteiger partial charge in [-0.3, -0.25) is 19.0 Å². The number of benzene rings is 2. The SMILES string of the molecule is COc1ccc(C(N)=O)cc1NC(=O)CCn1c(=S)[nH]c2ccccc2c1=O. The number of nitrogens with one attached hydrogen (secondary N) is 2. The molecule has 0 bridgehead atoms. The Kier molecular flexibility index (Phi) is 5.55. The predicted octanol–water partition coefficient (Wildman–Crippen LogP) is 2.20. The van der Waals surface area contributed by atoms with Crippen molar-refractivity contribution >= 4 is 40.6 Å². The smallest absolute Gasteiger partial charge is 0.262 e. The Morgan fingerprint density at radius 3 is 2.71 bits per heavy atom. The average molecular weight is 398 g/mol. The highest BCUT2D eigenvalue weighted by atomic mass is 32.1. The minimum absolute atomic E-state index is 0.000317. The van der Waals surface area contributed by atoms with Gasteiger partial charge in [-0.25, -0.2) is 0 Å². The lowest BCUT2D eigenvalue weighted by atomic mass is 10.1. The van der Waals surface area contributed by atoms with Gasteiger partial charge in [-0.15, -0.1) is 0 Å². The van der Waals surface area contributed by atoms with E-state index in [-0.39, 0.29) is 34.8 Å². The number of para-hydroxylation sites is 1. The molecule has 0 atom stereocenters. The van der Waals surface area contributed by atoms with E-state index in [1.54, 1.807) is 30.3 Å². The Bertz CT molecular complexity index is 1180. The summed E-state index contributed by atoms with van der Waals surface area (Å²) in [7, 11) is 1.45. The summed E-state index contributed by atoms with van der Waals surface area (Å²) in [5, 5.41) is 3.16. The molecule has 0 aliphatic rings. The Hall–Kier alpha value is -3.46. The normalized spacial score (nSPS) is 10.6. The van der Waals surface area contributed by atoms with Gasteiger partial charge in [-0.2, -0.15) is 0 Å². The number of rotatable bonds is 6. The van der Waals surface area contributed by atoms with E-state index in [0.29, 0.717) is 22.3 Å².